The Morgan fingerprint density at radius 1 is 1.43 bits per heavy atom. The van der Waals surface area contributed by atoms with Crippen LogP contribution in [0.5, 0.6) is 0 Å². The van der Waals surface area contributed by atoms with Gasteiger partial charge in [0.25, 0.3) is 0 Å². The fourth-order valence-corrected chi connectivity index (χ4v) is 2.64. The number of hydrogen-bond acceptors (Lipinski definition) is 3. The molecule has 0 aliphatic carbocycles. The van der Waals surface area contributed by atoms with Gasteiger partial charge in [-0.2, -0.15) is 0 Å². The first-order valence-corrected chi connectivity index (χ1v) is 4.91. The molecule has 1 amide bonds. The number of carbonyl (C=O) groups excluding carboxylic acids is 1. The van der Waals surface area contributed by atoms with Crippen molar-refractivity contribution in [2.75, 3.05) is 0 Å². The van der Waals surface area contributed by atoms with Crippen molar-refractivity contribution in [1.82, 2.24) is 4.90 Å². The van der Waals surface area contributed by atoms with Crippen LogP contribution in [0.1, 0.15) is 13.8 Å². The smallest absolute Gasteiger partial charge is 0.353 e. The van der Waals surface area contributed by atoms with Crippen LogP contribution in [0, 0.1) is 11.8 Å². The van der Waals surface area contributed by atoms with Crippen LogP contribution in [0.15, 0.2) is 10.6 Å². The Bertz CT molecular complexity index is 363. The zero-order valence-electron chi connectivity index (χ0n) is 7.89. The average Bonchev–Trinajstić information content (AvgIpc) is 2.37. The number of hydrogen-bond donors (Lipinski definition) is 2. The van der Waals surface area contributed by atoms with Gasteiger partial charge in [0.15, 0.2) is 0 Å². The maximum atomic E-state index is 11.4. The van der Waals surface area contributed by atoms with Crippen molar-refractivity contribution in [3.8, 4) is 0 Å². The van der Waals surface area contributed by atoms with Gasteiger partial charge in [-0.1, -0.05) is 13.8 Å². The molecular weight excluding hydrogens is 202 g/mol. The van der Waals surface area contributed by atoms with E-state index in [1.165, 1.54) is 4.90 Å². The van der Waals surface area contributed by atoms with Gasteiger partial charge in [0.1, 0.15) is 5.70 Å². The van der Waals surface area contributed by atoms with Crippen molar-refractivity contribution in [2.45, 2.75) is 19.9 Å². The molecule has 14 heavy (non-hydrogen) atoms. The first-order chi connectivity index (χ1) is 6.46. The predicted octanol–water partition coefficient (Wildman–Crippen LogP) is 0.709. The fourth-order valence-electron chi connectivity index (χ4n) is 2.28. The fraction of sp³-hybridized carbons (Fsp3) is 0.556. The minimum Gasteiger partial charge on any atom is -0.477 e. The van der Waals surface area contributed by atoms with Gasteiger partial charge >= 0.3 is 5.97 Å². The highest BCUT2D eigenvalue weighted by atomic mass is 32.1. The highest BCUT2D eigenvalue weighted by molar-refractivity contribution is 7.84. The normalized spacial score (nSPS) is 35.8. The Morgan fingerprint density at radius 2 is 2.00 bits per heavy atom. The van der Waals surface area contributed by atoms with E-state index in [2.05, 4.69) is 12.6 Å². The van der Waals surface area contributed by atoms with Crippen molar-refractivity contribution < 1.29 is 14.7 Å². The molecule has 3 atom stereocenters. The highest BCUT2D eigenvalue weighted by Gasteiger charge is 2.55. The van der Waals surface area contributed by atoms with Crippen molar-refractivity contribution in [2.24, 2.45) is 11.8 Å². The number of carbonyl (C=O) groups is 2. The highest BCUT2D eigenvalue weighted by Crippen LogP contribution is 2.46. The molecular formula is C9H11NO3S. The van der Waals surface area contributed by atoms with Crippen LogP contribution in [0.3, 0.4) is 0 Å². The molecule has 0 aromatic carbocycles. The van der Waals surface area contributed by atoms with Gasteiger partial charge in [-0.05, 0) is 0 Å². The number of carboxylic acids is 1. The Kier molecular flexibility index (Phi) is 1.89. The summed E-state index contributed by atoms with van der Waals surface area (Å²) < 4.78 is 0. The maximum Gasteiger partial charge on any atom is 0.353 e. The van der Waals surface area contributed by atoms with Crippen LogP contribution in [-0.2, 0) is 9.59 Å². The largest absolute Gasteiger partial charge is 0.477 e. The van der Waals surface area contributed by atoms with Crippen LogP contribution >= 0.6 is 12.6 Å². The average molecular weight is 213 g/mol. The minimum atomic E-state index is -1.07. The lowest BCUT2D eigenvalue weighted by molar-refractivity contribution is -0.155. The molecule has 76 valence electrons. The summed E-state index contributed by atoms with van der Waals surface area (Å²) in [5.74, 6) is -1.21. The van der Waals surface area contributed by atoms with Gasteiger partial charge in [0.2, 0.25) is 5.91 Å². The van der Waals surface area contributed by atoms with Gasteiger partial charge in [-0.15, -0.1) is 12.6 Å². The maximum absolute atomic E-state index is 11.4. The second kappa shape index (κ2) is 2.76. The van der Waals surface area contributed by atoms with E-state index >= 15 is 0 Å². The number of rotatable bonds is 1. The number of nitrogens with zero attached hydrogens (tertiary/aromatic N) is 1. The number of carboxylic acid groups (broad SMARTS) is 1. The van der Waals surface area contributed by atoms with Gasteiger partial charge in [-0.25, -0.2) is 4.79 Å². The van der Waals surface area contributed by atoms with Gasteiger partial charge in [-0.3, -0.25) is 4.79 Å². The molecule has 1 fully saturated rings. The molecule has 0 aromatic heterocycles. The van der Waals surface area contributed by atoms with Gasteiger partial charge < -0.3 is 10.0 Å². The molecule has 0 bridgehead atoms. The molecule has 0 spiro atoms. The van der Waals surface area contributed by atoms with Crippen LogP contribution < -0.4 is 0 Å². The molecule has 3 unspecified atom stereocenters. The number of aliphatic carboxylic acids is 1. The topological polar surface area (TPSA) is 57.6 Å². The second-order valence-electron chi connectivity index (χ2n) is 3.82. The van der Waals surface area contributed by atoms with Crippen LogP contribution in [0.2, 0.25) is 0 Å². The Labute approximate surface area is 87.0 Å². The van der Waals surface area contributed by atoms with Crippen molar-refractivity contribution >= 4 is 24.5 Å². The summed E-state index contributed by atoms with van der Waals surface area (Å²) in [6, 6.07) is 0.00102. The summed E-state index contributed by atoms with van der Waals surface area (Å²) in [6.07, 6.45) is 0. The molecule has 1 saturated heterocycles. The van der Waals surface area contributed by atoms with Crippen LogP contribution in [0.25, 0.3) is 0 Å². The van der Waals surface area contributed by atoms with E-state index in [1.54, 1.807) is 0 Å². The first kappa shape index (κ1) is 9.58. The van der Waals surface area contributed by atoms with E-state index in [4.69, 9.17) is 5.11 Å². The van der Waals surface area contributed by atoms with E-state index < -0.39 is 5.97 Å². The molecule has 2 aliphatic rings. The van der Waals surface area contributed by atoms with Crippen molar-refractivity contribution in [3.63, 3.8) is 0 Å². The summed E-state index contributed by atoms with van der Waals surface area (Å²) in [7, 11) is 0. The predicted molar refractivity (Wildman–Crippen MR) is 52.6 cm³/mol. The third-order valence-electron chi connectivity index (χ3n) is 3.07. The van der Waals surface area contributed by atoms with Crippen molar-refractivity contribution in [1.29, 1.82) is 0 Å². The molecule has 2 rings (SSSR count). The quantitative estimate of drug-likeness (QED) is 0.498. The Morgan fingerprint density at radius 3 is 2.50 bits per heavy atom. The SMILES string of the molecule is CC1C(=O)N2C(C(=O)O)=C(S)C(C)C12. The summed E-state index contributed by atoms with van der Waals surface area (Å²) in [4.78, 5) is 24.2. The summed E-state index contributed by atoms with van der Waals surface area (Å²) in [6.45, 7) is 3.73. The van der Waals surface area contributed by atoms with Gasteiger partial charge in [0.05, 0.1) is 12.0 Å². The molecule has 1 N–H and O–H groups in total. The lowest BCUT2D eigenvalue weighted by Crippen LogP contribution is -2.59. The third-order valence-corrected chi connectivity index (χ3v) is 3.69. The molecule has 2 aliphatic heterocycles. The molecule has 5 heteroatoms. The van der Waals surface area contributed by atoms with E-state index in [-0.39, 0.29) is 29.5 Å². The van der Waals surface area contributed by atoms with E-state index in [0.717, 1.165) is 0 Å². The Balaban J connectivity index is 2.42. The molecule has 0 saturated carbocycles. The van der Waals surface area contributed by atoms with Crippen LogP contribution in [0.4, 0.5) is 0 Å². The third kappa shape index (κ3) is 0.904. The molecule has 4 nitrogen and oxygen atoms in total. The monoisotopic (exact) mass is 213 g/mol. The lowest BCUT2D eigenvalue weighted by Gasteiger charge is -2.43. The molecule has 0 radical (unpaired) electrons. The van der Waals surface area contributed by atoms with E-state index in [0.29, 0.717) is 4.91 Å². The molecule has 0 aromatic rings. The zero-order chi connectivity index (χ0) is 10.6. The lowest BCUT2D eigenvalue weighted by atomic mass is 9.84. The zero-order valence-corrected chi connectivity index (χ0v) is 8.78. The summed E-state index contributed by atoms with van der Waals surface area (Å²) >= 11 is 4.17. The summed E-state index contributed by atoms with van der Waals surface area (Å²) in [5, 5.41) is 8.93. The first-order valence-electron chi connectivity index (χ1n) is 4.46. The standard InChI is InChI=1S/C9H11NO3S/c1-3-5-4(2)8(11)10(5)6(7(3)14)9(12)13/h3-5,14H,1-2H3,(H,12,13). The number of β-lactam (4-membered cyclic amide) rings is 1. The number of fused-ring (bicyclic) bond motifs is 1. The summed E-state index contributed by atoms with van der Waals surface area (Å²) in [5.41, 5.74) is 0.0638. The minimum absolute atomic E-state index is 0.00102. The van der Waals surface area contributed by atoms with E-state index in [1.807, 2.05) is 13.8 Å². The number of amides is 1. The number of thiol groups is 1. The molecule has 2 heterocycles. The van der Waals surface area contributed by atoms with Crippen molar-refractivity contribution in [3.05, 3.63) is 10.6 Å². The Hall–Kier alpha value is -0.970. The van der Waals surface area contributed by atoms with Gasteiger partial charge in [0, 0.05) is 10.8 Å². The van der Waals surface area contributed by atoms with Crippen LogP contribution in [-0.4, -0.2) is 27.9 Å². The second-order valence-corrected chi connectivity index (χ2v) is 4.30. The van der Waals surface area contributed by atoms with E-state index in [9.17, 15) is 9.59 Å².